The van der Waals surface area contributed by atoms with Crippen LogP contribution in [-0.4, -0.2) is 62.8 Å². The van der Waals surface area contributed by atoms with Gasteiger partial charge in [-0.25, -0.2) is 15.8 Å². The Hall–Kier alpha value is -5.42. The molecule has 1 saturated heterocycles. The van der Waals surface area contributed by atoms with E-state index in [1.165, 1.54) is 5.01 Å². The van der Waals surface area contributed by atoms with Gasteiger partial charge in [-0.15, -0.1) is 15.3 Å². The number of carbonyl (C=O) groups excluding carboxylic acids is 2. The third kappa shape index (κ3) is 6.47. The molecule has 17 nitrogen and oxygen atoms in total. The highest BCUT2D eigenvalue weighted by Crippen LogP contribution is 2.32. The summed E-state index contributed by atoms with van der Waals surface area (Å²) < 4.78 is 5.82. The van der Waals surface area contributed by atoms with Crippen LogP contribution in [0.4, 0.5) is 11.6 Å². The molecule has 0 atom stereocenters. The van der Waals surface area contributed by atoms with Gasteiger partial charge >= 0.3 is 5.91 Å². The lowest BCUT2D eigenvalue weighted by atomic mass is 9.86. The van der Waals surface area contributed by atoms with Crippen molar-refractivity contribution in [2.24, 2.45) is 53.4 Å². The zero-order chi connectivity index (χ0) is 31.1. The zero-order valence-corrected chi connectivity index (χ0v) is 23.9. The van der Waals surface area contributed by atoms with Crippen molar-refractivity contribution in [1.82, 2.24) is 19.9 Å². The Morgan fingerprint density at radius 3 is 2.32 bits per heavy atom. The maximum atomic E-state index is 13.2. The van der Waals surface area contributed by atoms with E-state index in [1.807, 2.05) is 30.3 Å². The van der Waals surface area contributed by atoms with Crippen molar-refractivity contribution in [2.75, 3.05) is 19.6 Å². The Kier molecular flexibility index (Phi) is 9.06. The Labute approximate surface area is 255 Å². The molecule has 18 heteroatoms. The van der Waals surface area contributed by atoms with E-state index in [1.54, 1.807) is 29.2 Å². The number of nitrogens with zero attached hydrogens (tertiary/aromatic N) is 11. The first kappa shape index (κ1) is 30.1. The van der Waals surface area contributed by atoms with Crippen LogP contribution in [-0.2, 0) is 6.61 Å². The summed E-state index contributed by atoms with van der Waals surface area (Å²) >= 11 is 6.04. The van der Waals surface area contributed by atoms with Crippen LogP contribution in [0, 0.1) is 0 Å². The average molecular weight is 619 g/mol. The second-order valence-electron chi connectivity index (χ2n) is 9.74. The fraction of sp³-hybridized carbons (Fsp3) is 0.269. The number of aromatic nitrogens is 2. The van der Waals surface area contributed by atoms with Crippen molar-refractivity contribution in [1.29, 1.82) is 0 Å². The van der Waals surface area contributed by atoms with Crippen molar-refractivity contribution in [3.8, 4) is 5.75 Å². The van der Waals surface area contributed by atoms with E-state index < -0.39 is 11.4 Å². The standard InChI is InChI=1S/C26H27ClN14O3/c27-20-22(36-39-29)33-21(35-38-28)19(32-20)23(42)34-25-37-31-15-26(41(25)30)10-12-40(13-11-26)24(43)17-6-8-18(9-7-17)44-14-16-4-2-1-3-5-16/h1-9H,10-15,30H2,(H4,28,29,33,35,36). The van der Waals surface area contributed by atoms with Crippen LogP contribution in [0.3, 0.4) is 0 Å². The first-order valence-electron chi connectivity index (χ1n) is 13.2. The average Bonchev–Trinajstić information content (AvgIpc) is 3.04. The number of hydrogen-bond donors (Lipinski definition) is 3. The van der Waals surface area contributed by atoms with E-state index >= 15 is 0 Å². The van der Waals surface area contributed by atoms with Crippen LogP contribution in [0.15, 0.2) is 90.5 Å². The summed E-state index contributed by atoms with van der Waals surface area (Å²) in [6, 6.07) is 16.9. The van der Waals surface area contributed by atoms with Crippen molar-refractivity contribution in [3.05, 3.63) is 76.6 Å². The fourth-order valence-electron chi connectivity index (χ4n) is 4.71. The van der Waals surface area contributed by atoms with E-state index in [0.717, 1.165) is 5.56 Å². The predicted octanol–water partition coefficient (Wildman–Crippen LogP) is 3.44. The smallest absolute Gasteiger partial charge is 0.302 e. The second kappa shape index (κ2) is 13.3. The third-order valence-corrected chi connectivity index (χ3v) is 7.36. The van der Waals surface area contributed by atoms with Crippen molar-refractivity contribution in [2.45, 2.75) is 25.0 Å². The van der Waals surface area contributed by atoms with Crippen molar-refractivity contribution in [3.63, 3.8) is 0 Å². The van der Waals surface area contributed by atoms with Gasteiger partial charge in [-0.2, -0.15) is 10.1 Å². The lowest BCUT2D eigenvalue weighted by Gasteiger charge is -2.47. The number of likely N-dealkylation sites (tertiary alicyclic amines) is 1. The Balaban J connectivity index is 1.24. The number of aliphatic imine (C=N–C) groups is 1. The molecule has 2 amide bonds. The van der Waals surface area contributed by atoms with Crippen LogP contribution >= 0.6 is 11.6 Å². The first-order chi connectivity index (χ1) is 21.3. The van der Waals surface area contributed by atoms with Gasteiger partial charge in [-0.05, 0) is 42.7 Å². The van der Waals surface area contributed by atoms with E-state index in [-0.39, 0.29) is 40.9 Å². The summed E-state index contributed by atoms with van der Waals surface area (Å²) in [6.45, 7) is 1.48. The number of halogens is 1. The zero-order valence-electron chi connectivity index (χ0n) is 23.2. The Morgan fingerprint density at radius 1 is 0.955 bits per heavy atom. The van der Waals surface area contributed by atoms with Crippen LogP contribution in [0.1, 0.15) is 39.3 Å². The molecule has 3 heterocycles. The molecule has 1 fully saturated rings. The maximum Gasteiger partial charge on any atom is 0.302 e. The highest BCUT2D eigenvalue weighted by Gasteiger charge is 2.44. The summed E-state index contributed by atoms with van der Waals surface area (Å²) in [5.74, 6) is 15.6. The molecule has 2 aliphatic heterocycles. The molecule has 0 radical (unpaired) electrons. The number of azo groups is 1. The molecule has 5 rings (SSSR count). The van der Waals surface area contributed by atoms with Gasteiger partial charge in [-0.1, -0.05) is 52.4 Å². The van der Waals surface area contributed by atoms with E-state index in [9.17, 15) is 9.59 Å². The third-order valence-electron chi connectivity index (χ3n) is 7.11. The Morgan fingerprint density at radius 2 is 1.64 bits per heavy atom. The molecule has 0 bridgehead atoms. The largest absolute Gasteiger partial charge is 0.489 e. The molecular formula is C26H27ClN14O3. The summed E-state index contributed by atoms with van der Waals surface area (Å²) in [5.41, 5.74) is 0.488. The van der Waals surface area contributed by atoms with Gasteiger partial charge in [0.05, 0.1) is 12.1 Å². The number of amides is 2. The molecule has 2 aliphatic rings. The Bertz CT molecular complexity index is 1640. The summed E-state index contributed by atoms with van der Waals surface area (Å²) in [7, 11) is 0. The number of guanidine groups is 1. The van der Waals surface area contributed by atoms with Gasteiger partial charge in [-0.3, -0.25) is 14.6 Å². The minimum atomic E-state index is -0.928. The summed E-state index contributed by atoms with van der Waals surface area (Å²) in [6.07, 6.45) is 0.910. The van der Waals surface area contributed by atoms with E-state index in [4.69, 9.17) is 33.9 Å². The van der Waals surface area contributed by atoms with Crippen molar-refractivity contribution < 1.29 is 14.3 Å². The molecular weight excluding hydrogens is 592 g/mol. The van der Waals surface area contributed by atoms with Gasteiger partial charge in [0, 0.05) is 18.7 Å². The molecule has 226 valence electrons. The molecule has 0 saturated carbocycles. The van der Waals surface area contributed by atoms with Crippen molar-refractivity contribution >= 4 is 41.0 Å². The summed E-state index contributed by atoms with van der Waals surface area (Å²) in [4.78, 5) is 39.9. The summed E-state index contributed by atoms with van der Waals surface area (Å²) in [5, 5.41) is 22.5. The molecule has 3 aromatic rings. The second-order valence-corrected chi connectivity index (χ2v) is 10.1. The number of carbonyl (C=O) groups is 2. The normalized spacial score (nSPS) is 17.2. The number of piperidine rings is 1. The topological polar surface area (TPSA) is 240 Å². The number of hydrazine groups is 1. The predicted molar refractivity (Wildman–Crippen MR) is 157 cm³/mol. The lowest BCUT2D eigenvalue weighted by Crippen LogP contribution is -2.63. The van der Waals surface area contributed by atoms with E-state index in [0.29, 0.717) is 43.9 Å². The number of hydrogen-bond acceptors (Lipinski definition) is 11. The quantitative estimate of drug-likeness (QED) is 0.199. The minimum Gasteiger partial charge on any atom is -0.489 e. The van der Waals surface area contributed by atoms with Gasteiger partial charge in [0.25, 0.3) is 11.9 Å². The van der Waals surface area contributed by atoms with Crippen LogP contribution < -0.4 is 22.3 Å². The van der Waals surface area contributed by atoms with Crippen LogP contribution in [0.2, 0.25) is 5.15 Å². The molecule has 44 heavy (non-hydrogen) atoms. The van der Waals surface area contributed by atoms with Crippen LogP contribution in [0.25, 0.3) is 0 Å². The molecule has 6 N–H and O–H groups in total. The van der Waals surface area contributed by atoms with E-state index in [2.05, 4.69) is 45.9 Å². The molecule has 0 unspecified atom stereocenters. The number of ether oxygens (including phenoxy) is 1. The number of rotatable bonds is 7. The molecule has 1 spiro atoms. The lowest BCUT2D eigenvalue weighted by molar-refractivity contribution is 0.0475. The van der Waals surface area contributed by atoms with Crippen LogP contribution in [0.5, 0.6) is 5.75 Å². The maximum absolute atomic E-state index is 13.2. The van der Waals surface area contributed by atoms with Gasteiger partial charge in [0.2, 0.25) is 11.6 Å². The van der Waals surface area contributed by atoms with Gasteiger partial charge in [0.1, 0.15) is 12.4 Å². The molecule has 2 aromatic carbocycles. The first-order valence-corrected chi connectivity index (χ1v) is 13.6. The highest BCUT2D eigenvalue weighted by molar-refractivity contribution is 6.31. The monoisotopic (exact) mass is 618 g/mol. The number of nitrogens with two attached hydrogens (primary N) is 3. The molecule has 1 aromatic heterocycles. The minimum absolute atomic E-state index is 0.116. The van der Waals surface area contributed by atoms with Gasteiger partial charge in [0.15, 0.2) is 10.8 Å². The van der Waals surface area contributed by atoms with Gasteiger partial charge < -0.3 is 21.3 Å². The highest BCUT2D eigenvalue weighted by atomic mass is 35.5. The molecule has 0 aliphatic carbocycles. The number of benzene rings is 2. The SMILES string of the molecule is NN=Nc1nc(N=NN)c(C(=O)N=C2N=NCC3(CCN(C(=O)c4ccc(OCc5ccccc5)cc4)CC3)N2N)nc1Cl. The fourth-order valence-corrected chi connectivity index (χ4v) is 4.88.